The van der Waals surface area contributed by atoms with Crippen molar-refractivity contribution >= 4 is 0 Å². The van der Waals surface area contributed by atoms with Crippen LogP contribution in [0.3, 0.4) is 0 Å². The largest absolute Gasteiger partial charge is 0.493 e. The second kappa shape index (κ2) is 5.74. The van der Waals surface area contributed by atoms with Crippen molar-refractivity contribution in [2.24, 2.45) is 0 Å². The maximum absolute atomic E-state index is 11.2. The van der Waals surface area contributed by atoms with Crippen LogP contribution in [0.25, 0.3) is 0 Å². The summed E-state index contributed by atoms with van der Waals surface area (Å²) in [4.78, 5) is 2.53. The molecule has 2 aliphatic rings. The van der Waals surface area contributed by atoms with Crippen LogP contribution >= 0.6 is 0 Å². The molecule has 20 heavy (non-hydrogen) atoms. The van der Waals surface area contributed by atoms with Gasteiger partial charge in [0.25, 0.3) is 0 Å². The summed E-state index contributed by atoms with van der Waals surface area (Å²) < 4.78 is 5.84. The van der Waals surface area contributed by atoms with E-state index in [0.29, 0.717) is 12.6 Å². The number of hydrogen-bond acceptors (Lipinski definition) is 3. The summed E-state index contributed by atoms with van der Waals surface area (Å²) in [5.41, 5.74) is 0.274. The monoisotopic (exact) mass is 275 g/mol. The van der Waals surface area contributed by atoms with Crippen LogP contribution in [0.2, 0.25) is 0 Å². The Morgan fingerprint density at radius 1 is 1.35 bits per heavy atom. The second-order valence-electron chi connectivity index (χ2n) is 6.16. The summed E-state index contributed by atoms with van der Waals surface area (Å²) >= 11 is 0. The fraction of sp³-hybridized carbons (Fsp3) is 0.647. The Morgan fingerprint density at radius 2 is 2.20 bits per heavy atom. The van der Waals surface area contributed by atoms with Gasteiger partial charge in [0, 0.05) is 18.2 Å². The summed E-state index contributed by atoms with van der Waals surface area (Å²) in [7, 11) is 0. The van der Waals surface area contributed by atoms with E-state index >= 15 is 0 Å². The minimum atomic E-state index is -0.712. The zero-order valence-corrected chi connectivity index (χ0v) is 12.3. The first kappa shape index (κ1) is 13.9. The molecule has 0 bridgehead atoms. The molecule has 3 nitrogen and oxygen atoms in total. The van der Waals surface area contributed by atoms with Crippen LogP contribution in [0, 0.1) is 0 Å². The standard InChI is InChI=1S/C17H25NO2/c1-2-12-20-16-8-4-3-7-15(16)17(19)9-11-18-10-5-6-14(18)13-17/h3-4,7-8,14,19H,2,5-6,9-13H2,1H3. The van der Waals surface area contributed by atoms with Crippen LogP contribution in [-0.4, -0.2) is 35.7 Å². The molecule has 3 heteroatoms. The molecule has 110 valence electrons. The van der Waals surface area contributed by atoms with Crippen LogP contribution in [0.4, 0.5) is 0 Å². The van der Waals surface area contributed by atoms with E-state index in [4.69, 9.17) is 4.74 Å². The van der Waals surface area contributed by atoms with Gasteiger partial charge in [0.2, 0.25) is 0 Å². The van der Waals surface area contributed by atoms with Crippen LogP contribution < -0.4 is 4.74 Å². The molecule has 0 spiro atoms. The molecule has 2 aliphatic heterocycles. The number of nitrogens with zero attached hydrogens (tertiary/aromatic N) is 1. The van der Waals surface area contributed by atoms with Gasteiger partial charge in [-0.25, -0.2) is 0 Å². The van der Waals surface area contributed by atoms with Gasteiger partial charge in [0.15, 0.2) is 0 Å². The Morgan fingerprint density at radius 3 is 3.05 bits per heavy atom. The maximum Gasteiger partial charge on any atom is 0.125 e. The van der Waals surface area contributed by atoms with Crippen molar-refractivity contribution in [3.05, 3.63) is 29.8 Å². The van der Waals surface area contributed by atoms with Crippen molar-refractivity contribution in [1.82, 2.24) is 4.90 Å². The molecule has 2 atom stereocenters. The van der Waals surface area contributed by atoms with Gasteiger partial charge in [-0.3, -0.25) is 0 Å². The van der Waals surface area contributed by atoms with Crippen molar-refractivity contribution in [3.63, 3.8) is 0 Å². The van der Waals surface area contributed by atoms with Gasteiger partial charge in [-0.2, -0.15) is 0 Å². The quantitative estimate of drug-likeness (QED) is 0.917. The molecule has 1 aromatic rings. The number of benzene rings is 1. The van der Waals surface area contributed by atoms with Gasteiger partial charge < -0.3 is 14.7 Å². The molecule has 0 radical (unpaired) electrons. The minimum absolute atomic E-state index is 0.549. The lowest BCUT2D eigenvalue weighted by Gasteiger charge is -2.41. The molecule has 1 N–H and O–H groups in total. The Kier molecular flexibility index (Phi) is 3.99. The van der Waals surface area contributed by atoms with Crippen molar-refractivity contribution < 1.29 is 9.84 Å². The number of piperidine rings is 1. The zero-order chi connectivity index (χ0) is 14.0. The first-order valence-electron chi connectivity index (χ1n) is 7.92. The molecule has 2 saturated heterocycles. The van der Waals surface area contributed by atoms with Gasteiger partial charge in [0.1, 0.15) is 5.75 Å². The SMILES string of the molecule is CCCOc1ccccc1C1(O)CCN2CCCC2C1. The number of ether oxygens (including phenoxy) is 1. The number of hydrogen-bond donors (Lipinski definition) is 1. The molecule has 0 aromatic heterocycles. The molecule has 3 rings (SSSR count). The second-order valence-corrected chi connectivity index (χ2v) is 6.16. The average Bonchev–Trinajstić information content (AvgIpc) is 2.92. The van der Waals surface area contributed by atoms with Crippen molar-refractivity contribution in [2.75, 3.05) is 19.7 Å². The van der Waals surface area contributed by atoms with Crippen molar-refractivity contribution in [3.8, 4) is 5.75 Å². The molecule has 2 unspecified atom stereocenters. The van der Waals surface area contributed by atoms with Crippen LogP contribution in [0.5, 0.6) is 5.75 Å². The van der Waals surface area contributed by atoms with E-state index in [1.54, 1.807) is 0 Å². The third-order valence-electron chi connectivity index (χ3n) is 4.74. The Labute approximate surface area is 121 Å². The van der Waals surface area contributed by atoms with Gasteiger partial charge >= 0.3 is 0 Å². The normalized spacial score (nSPS) is 30.2. The fourth-order valence-corrected chi connectivity index (χ4v) is 3.67. The smallest absolute Gasteiger partial charge is 0.125 e. The molecule has 0 saturated carbocycles. The van der Waals surface area contributed by atoms with E-state index in [1.807, 2.05) is 24.3 Å². The Hall–Kier alpha value is -1.06. The molecule has 1 aromatic carbocycles. The van der Waals surface area contributed by atoms with E-state index in [2.05, 4.69) is 11.8 Å². The van der Waals surface area contributed by atoms with E-state index in [9.17, 15) is 5.11 Å². The number of fused-ring (bicyclic) bond motifs is 1. The molecule has 2 heterocycles. The summed E-state index contributed by atoms with van der Waals surface area (Å²) in [6.07, 6.45) is 5.15. The molecular formula is C17H25NO2. The first-order chi connectivity index (χ1) is 9.73. The molecular weight excluding hydrogens is 250 g/mol. The predicted molar refractivity (Wildman–Crippen MR) is 80.0 cm³/mol. The summed E-state index contributed by atoms with van der Waals surface area (Å²) in [5.74, 6) is 0.864. The van der Waals surface area contributed by atoms with E-state index < -0.39 is 5.60 Å². The summed E-state index contributed by atoms with van der Waals surface area (Å²) in [6.45, 7) is 5.02. The van der Waals surface area contributed by atoms with Crippen molar-refractivity contribution in [1.29, 1.82) is 0 Å². The van der Waals surface area contributed by atoms with Gasteiger partial charge in [-0.05, 0) is 44.7 Å². The third kappa shape index (κ3) is 2.57. The third-order valence-corrected chi connectivity index (χ3v) is 4.74. The highest BCUT2D eigenvalue weighted by Gasteiger charge is 2.42. The van der Waals surface area contributed by atoms with Gasteiger partial charge in [-0.1, -0.05) is 25.1 Å². The van der Waals surface area contributed by atoms with Gasteiger partial charge in [0.05, 0.1) is 12.2 Å². The molecule has 2 fully saturated rings. The molecule has 0 aliphatic carbocycles. The number of para-hydroxylation sites is 1. The van der Waals surface area contributed by atoms with E-state index in [1.165, 1.54) is 19.4 Å². The first-order valence-corrected chi connectivity index (χ1v) is 7.92. The lowest BCUT2D eigenvalue weighted by molar-refractivity contribution is -0.0425. The lowest BCUT2D eigenvalue weighted by Crippen LogP contribution is -2.46. The van der Waals surface area contributed by atoms with E-state index in [0.717, 1.165) is 37.1 Å². The summed E-state index contributed by atoms with van der Waals surface area (Å²) in [5, 5.41) is 11.2. The Balaban J connectivity index is 1.83. The highest BCUT2D eigenvalue weighted by Crippen LogP contribution is 2.42. The van der Waals surface area contributed by atoms with Crippen LogP contribution in [-0.2, 0) is 5.60 Å². The van der Waals surface area contributed by atoms with Crippen LogP contribution in [0.1, 0.15) is 44.6 Å². The minimum Gasteiger partial charge on any atom is -0.493 e. The summed E-state index contributed by atoms with van der Waals surface area (Å²) in [6, 6.07) is 8.57. The Bertz CT molecular complexity index is 462. The lowest BCUT2D eigenvalue weighted by atomic mass is 9.80. The number of aliphatic hydroxyl groups is 1. The predicted octanol–water partition coefficient (Wildman–Crippen LogP) is 2.92. The fourth-order valence-electron chi connectivity index (χ4n) is 3.67. The maximum atomic E-state index is 11.2. The highest BCUT2D eigenvalue weighted by molar-refractivity contribution is 5.38. The van der Waals surface area contributed by atoms with Gasteiger partial charge in [-0.15, -0.1) is 0 Å². The van der Waals surface area contributed by atoms with Crippen LogP contribution in [0.15, 0.2) is 24.3 Å². The average molecular weight is 275 g/mol. The topological polar surface area (TPSA) is 32.7 Å². The van der Waals surface area contributed by atoms with E-state index in [-0.39, 0.29) is 0 Å². The van der Waals surface area contributed by atoms with Crippen molar-refractivity contribution in [2.45, 2.75) is 50.7 Å². The zero-order valence-electron chi connectivity index (χ0n) is 12.3. The highest BCUT2D eigenvalue weighted by atomic mass is 16.5. The number of rotatable bonds is 4. The molecule has 0 amide bonds.